The number of hydrogen-bond donors (Lipinski definition) is 0. The fourth-order valence-electron chi connectivity index (χ4n) is 4.12. The van der Waals surface area contributed by atoms with E-state index >= 15 is 0 Å². The molecule has 0 N–H and O–H groups in total. The van der Waals surface area contributed by atoms with Crippen molar-refractivity contribution < 1.29 is 0 Å². The maximum atomic E-state index is 2.46. The molecule has 0 aliphatic rings. The highest BCUT2D eigenvalue weighted by molar-refractivity contribution is 6.25. The van der Waals surface area contributed by atoms with Gasteiger partial charge in [0.15, 0.2) is 0 Å². The predicted octanol–water partition coefficient (Wildman–Crippen LogP) is 5.46. The smallest absolute Gasteiger partial charge is 0.0592 e. The maximum Gasteiger partial charge on any atom is 0.0592 e. The number of para-hydroxylation sites is 2. The lowest BCUT2D eigenvalue weighted by atomic mass is 10.1. The van der Waals surface area contributed by atoms with Crippen molar-refractivity contribution in [3.8, 4) is 0 Å². The molecule has 5 rings (SSSR count). The molecule has 0 saturated carbocycles. The predicted molar refractivity (Wildman–Crippen MR) is 99.1 cm³/mol. The average molecular weight is 298 g/mol. The molecule has 0 radical (unpaired) electrons. The topological polar surface area (TPSA) is 9.86 Å². The van der Waals surface area contributed by atoms with Crippen LogP contribution >= 0.6 is 0 Å². The number of nitrogens with zero attached hydrogens (tertiary/aromatic N) is 2. The van der Waals surface area contributed by atoms with Crippen LogP contribution in [0.15, 0.2) is 60.7 Å². The lowest BCUT2D eigenvalue weighted by Gasteiger charge is -2.05. The van der Waals surface area contributed by atoms with Crippen molar-refractivity contribution in [1.29, 1.82) is 0 Å². The summed E-state index contributed by atoms with van der Waals surface area (Å²) in [5.41, 5.74) is 5.28. The molecule has 0 atom stereocenters. The summed E-state index contributed by atoms with van der Waals surface area (Å²) in [4.78, 5) is 0. The van der Waals surface area contributed by atoms with Crippen LogP contribution in [0.1, 0.15) is 6.92 Å². The van der Waals surface area contributed by atoms with Crippen LogP contribution in [0.3, 0.4) is 0 Å². The second-order valence-electron chi connectivity index (χ2n) is 6.19. The zero-order valence-corrected chi connectivity index (χ0v) is 13.4. The summed E-state index contributed by atoms with van der Waals surface area (Å²) in [5, 5.41) is 5.41. The minimum Gasteiger partial charge on any atom is -0.344 e. The summed E-state index contributed by atoms with van der Waals surface area (Å²) < 4.78 is 4.77. The fourth-order valence-corrected chi connectivity index (χ4v) is 4.12. The van der Waals surface area contributed by atoms with E-state index in [-0.39, 0.29) is 0 Å². The average Bonchev–Trinajstić information content (AvgIpc) is 3.08. The molecule has 5 aromatic rings. The van der Waals surface area contributed by atoms with Gasteiger partial charge in [0.2, 0.25) is 0 Å². The molecule has 0 aliphatic heterocycles. The van der Waals surface area contributed by atoms with E-state index in [0.717, 1.165) is 6.54 Å². The van der Waals surface area contributed by atoms with E-state index in [2.05, 4.69) is 83.8 Å². The van der Waals surface area contributed by atoms with Gasteiger partial charge in [0.25, 0.3) is 0 Å². The van der Waals surface area contributed by atoms with Gasteiger partial charge in [-0.25, -0.2) is 0 Å². The Morgan fingerprint density at radius 2 is 1.39 bits per heavy atom. The second kappa shape index (κ2) is 4.39. The Morgan fingerprint density at radius 1 is 0.696 bits per heavy atom. The number of aromatic nitrogens is 2. The molecule has 0 aliphatic carbocycles. The van der Waals surface area contributed by atoms with Gasteiger partial charge in [-0.2, -0.15) is 0 Å². The first-order chi connectivity index (χ1) is 11.3. The number of aryl methyl sites for hydroxylation is 2. The van der Waals surface area contributed by atoms with Gasteiger partial charge in [-0.05, 0) is 25.1 Å². The number of hydrogen-bond acceptors (Lipinski definition) is 0. The van der Waals surface area contributed by atoms with E-state index in [4.69, 9.17) is 0 Å². The van der Waals surface area contributed by atoms with Crippen molar-refractivity contribution in [1.82, 2.24) is 9.13 Å². The maximum absolute atomic E-state index is 2.46. The van der Waals surface area contributed by atoms with Gasteiger partial charge in [-0.15, -0.1) is 0 Å². The third kappa shape index (κ3) is 1.48. The lowest BCUT2D eigenvalue weighted by Crippen LogP contribution is -1.93. The second-order valence-corrected chi connectivity index (χ2v) is 6.19. The molecule has 2 heteroatoms. The molecule has 0 saturated heterocycles. The highest BCUT2D eigenvalue weighted by Gasteiger charge is 2.16. The SMILES string of the molecule is CCn1c2ccccc2c2ccc3c(c4ccccc4n3C)c21. The van der Waals surface area contributed by atoms with Crippen LogP contribution in [0.5, 0.6) is 0 Å². The highest BCUT2D eigenvalue weighted by Crippen LogP contribution is 2.38. The van der Waals surface area contributed by atoms with Crippen LogP contribution in [-0.4, -0.2) is 9.13 Å². The van der Waals surface area contributed by atoms with Gasteiger partial charge in [-0.1, -0.05) is 42.5 Å². The largest absolute Gasteiger partial charge is 0.344 e. The zero-order chi connectivity index (χ0) is 15.6. The standard InChI is InChI=1S/C21H18N2/c1-3-23-18-11-7-4-8-14(18)15-12-13-19-20(21(15)23)16-9-5-6-10-17(16)22(19)2/h4-13H,3H2,1-2H3. The molecule has 0 bridgehead atoms. The molecule has 3 aromatic carbocycles. The van der Waals surface area contributed by atoms with Crippen LogP contribution in [-0.2, 0) is 13.6 Å². The first-order valence-corrected chi connectivity index (χ1v) is 8.18. The van der Waals surface area contributed by atoms with Gasteiger partial charge in [0, 0.05) is 46.2 Å². The summed E-state index contributed by atoms with van der Waals surface area (Å²) >= 11 is 0. The summed E-state index contributed by atoms with van der Waals surface area (Å²) in [5.74, 6) is 0. The molecule has 0 spiro atoms. The molecule has 2 aromatic heterocycles. The van der Waals surface area contributed by atoms with E-state index in [1.165, 1.54) is 43.6 Å². The fraction of sp³-hybridized carbons (Fsp3) is 0.143. The molecule has 0 amide bonds. The third-order valence-electron chi connectivity index (χ3n) is 5.12. The molecule has 2 nitrogen and oxygen atoms in total. The van der Waals surface area contributed by atoms with Gasteiger partial charge in [0.1, 0.15) is 0 Å². The molecule has 0 fully saturated rings. The van der Waals surface area contributed by atoms with Crippen LogP contribution < -0.4 is 0 Å². The van der Waals surface area contributed by atoms with Crippen LogP contribution in [0.2, 0.25) is 0 Å². The molecular weight excluding hydrogens is 280 g/mol. The van der Waals surface area contributed by atoms with Crippen LogP contribution in [0.25, 0.3) is 43.6 Å². The van der Waals surface area contributed by atoms with Crippen molar-refractivity contribution >= 4 is 43.6 Å². The Kier molecular flexibility index (Phi) is 2.44. The summed E-state index contributed by atoms with van der Waals surface area (Å²) in [7, 11) is 2.16. The monoisotopic (exact) mass is 298 g/mol. The lowest BCUT2D eigenvalue weighted by molar-refractivity contribution is 0.829. The van der Waals surface area contributed by atoms with E-state index in [0.29, 0.717) is 0 Å². The van der Waals surface area contributed by atoms with Crippen molar-refractivity contribution in [2.45, 2.75) is 13.5 Å². The van der Waals surface area contributed by atoms with Crippen LogP contribution in [0, 0.1) is 0 Å². The highest BCUT2D eigenvalue weighted by atomic mass is 15.0. The Morgan fingerprint density at radius 3 is 2.17 bits per heavy atom. The third-order valence-corrected chi connectivity index (χ3v) is 5.12. The van der Waals surface area contributed by atoms with Gasteiger partial charge in [0.05, 0.1) is 11.0 Å². The van der Waals surface area contributed by atoms with Gasteiger partial charge < -0.3 is 9.13 Å². The van der Waals surface area contributed by atoms with E-state index < -0.39 is 0 Å². The zero-order valence-electron chi connectivity index (χ0n) is 13.4. The normalized spacial score (nSPS) is 12.1. The van der Waals surface area contributed by atoms with Crippen molar-refractivity contribution in [3.63, 3.8) is 0 Å². The number of benzene rings is 3. The molecular formula is C21H18N2. The van der Waals surface area contributed by atoms with E-state index in [1.54, 1.807) is 0 Å². The van der Waals surface area contributed by atoms with Gasteiger partial charge >= 0.3 is 0 Å². The molecule has 0 unspecified atom stereocenters. The number of fused-ring (bicyclic) bond motifs is 7. The van der Waals surface area contributed by atoms with Gasteiger partial charge in [-0.3, -0.25) is 0 Å². The first-order valence-electron chi connectivity index (χ1n) is 8.18. The van der Waals surface area contributed by atoms with Crippen molar-refractivity contribution in [2.24, 2.45) is 7.05 Å². The first kappa shape index (κ1) is 12.8. The Hall–Kier alpha value is -2.74. The molecule has 2 heterocycles. The minimum atomic E-state index is 0.979. The Balaban J connectivity index is 2.18. The van der Waals surface area contributed by atoms with Crippen molar-refractivity contribution in [3.05, 3.63) is 60.7 Å². The van der Waals surface area contributed by atoms with E-state index in [1.807, 2.05) is 0 Å². The summed E-state index contributed by atoms with van der Waals surface area (Å²) in [6, 6.07) is 22.0. The Bertz CT molecular complexity index is 1200. The quantitative estimate of drug-likeness (QED) is 0.389. The van der Waals surface area contributed by atoms with Crippen molar-refractivity contribution in [2.75, 3.05) is 0 Å². The summed E-state index contributed by atoms with van der Waals surface area (Å²) in [6.45, 7) is 3.21. The van der Waals surface area contributed by atoms with E-state index in [9.17, 15) is 0 Å². The molecule has 23 heavy (non-hydrogen) atoms. The van der Waals surface area contributed by atoms with Crippen LogP contribution in [0.4, 0.5) is 0 Å². The number of rotatable bonds is 1. The minimum absolute atomic E-state index is 0.979. The molecule has 112 valence electrons. The Labute approximate surface area is 134 Å². The summed E-state index contributed by atoms with van der Waals surface area (Å²) in [6.07, 6.45) is 0.